The fourth-order valence-corrected chi connectivity index (χ4v) is 2.15. The SMILES string of the molecule is COc1ccc(C(C)Nc2ccc(Cl)cc2[N+](=O)[O-])cc1. The second-order valence-corrected chi connectivity index (χ2v) is 4.99. The van der Waals surface area contributed by atoms with Crippen molar-refractivity contribution in [1.82, 2.24) is 0 Å². The molecule has 110 valence electrons. The van der Waals surface area contributed by atoms with Gasteiger partial charge in [-0.3, -0.25) is 10.1 Å². The Balaban J connectivity index is 2.22. The van der Waals surface area contributed by atoms with Crippen molar-refractivity contribution in [3.05, 3.63) is 63.2 Å². The molecule has 0 saturated carbocycles. The predicted molar refractivity (Wildman–Crippen MR) is 83.1 cm³/mol. The average molecular weight is 307 g/mol. The third-order valence-corrected chi connectivity index (χ3v) is 3.38. The van der Waals surface area contributed by atoms with Crippen molar-refractivity contribution >= 4 is 23.0 Å². The van der Waals surface area contributed by atoms with Crippen molar-refractivity contribution in [2.75, 3.05) is 12.4 Å². The lowest BCUT2D eigenvalue weighted by atomic mass is 10.1. The molecule has 2 rings (SSSR count). The molecule has 2 aromatic carbocycles. The van der Waals surface area contributed by atoms with Gasteiger partial charge in [-0.05, 0) is 36.8 Å². The zero-order valence-electron chi connectivity index (χ0n) is 11.7. The molecule has 0 saturated heterocycles. The van der Waals surface area contributed by atoms with E-state index in [0.717, 1.165) is 11.3 Å². The average Bonchev–Trinajstić information content (AvgIpc) is 2.49. The van der Waals surface area contributed by atoms with E-state index in [0.29, 0.717) is 10.7 Å². The predicted octanol–water partition coefficient (Wildman–Crippen LogP) is 4.43. The maximum absolute atomic E-state index is 11.1. The number of nitro groups is 1. The van der Waals surface area contributed by atoms with Gasteiger partial charge in [0.2, 0.25) is 0 Å². The number of anilines is 1. The van der Waals surface area contributed by atoms with Crippen LogP contribution >= 0.6 is 11.6 Å². The molecule has 0 fully saturated rings. The van der Waals surface area contributed by atoms with Crippen LogP contribution in [0.5, 0.6) is 5.75 Å². The largest absolute Gasteiger partial charge is 0.497 e. The Morgan fingerprint density at radius 1 is 1.24 bits per heavy atom. The highest BCUT2D eigenvalue weighted by Gasteiger charge is 2.16. The van der Waals surface area contributed by atoms with Crippen LogP contribution in [0.3, 0.4) is 0 Å². The maximum Gasteiger partial charge on any atom is 0.293 e. The first kappa shape index (κ1) is 15.1. The van der Waals surface area contributed by atoms with E-state index in [1.165, 1.54) is 6.07 Å². The van der Waals surface area contributed by atoms with Crippen LogP contribution in [-0.2, 0) is 0 Å². The summed E-state index contributed by atoms with van der Waals surface area (Å²) in [6, 6.07) is 12.0. The van der Waals surface area contributed by atoms with Crippen LogP contribution in [0.2, 0.25) is 5.02 Å². The minimum absolute atomic E-state index is 0.0390. The van der Waals surface area contributed by atoms with E-state index in [2.05, 4.69) is 5.32 Å². The summed E-state index contributed by atoms with van der Waals surface area (Å²) in [6.45, 7) is 1.93. The molecule has 0 heterocycles. The molecule has 0 aliphatic carbocycles. The van der Waals surface area contributed by atoms with E-state index in [4.69, 9.17) is 16.3 Å². The third kappa shape index (κ3) is 3.64. The molecule has 0 bridgehead atoms. The number of hydrogen-bond acceptors (Lipinski definition) is 4. The van der Waals surface area contributed by atoms with Crippen LogP contribution in [0.4, 0.5) is 11.4 Å². The number of ether oxygens (including phenoxy) is 1. The van der Waals surface area contributed by atoms with E-state index in [9.17, 15) is 10.1 Å². The highest BCUT2D eigenvalue weighted by Crippen LogP contribution is 2.31. The summed E-state index contributed by atoms with van der Waals surface area (Å²) >= 11 is 5.80. The van der Waals surface area contributed by atoms with Gasteiger partial charge in [-0.2, -0.15) is 0 Å². The van der Waals surface area contributed by atoms with Gasteiger partial charge in [-0.15, -0.1) is 0 Å². The number of hydrogen-bond donors (Lipinski definition) is 1. The van der Waals surface area contributed by atoms with Crippen LogP contribution in [0.1, 0.15) is 18.5 Å². The standard InChI is InChI=1S/C15H15ClN2O3/c1-10(11-3-6-13(21-2)7-4-11)17-14-8-5-12(16)9-15(14)18(19)20/h3-10,17H,1-2H3. The van der Waals surface area contributed by atoms with Crippen molar-refractivity contribution in [3.8, 4) is 5.75 Å². The summed E-state index contributed by atoms with van der Waals surface area (Å²) in [5, 5.41) is 14.5. The van der Waals surface area contributed by atoms with Gasteiger partial charge in [0.15, 0.2) is 0 Å². The van der Waals surface area contributed by atoms with Gasteiger partial charge in [0.25, 0.3) is 5.69 Å². The second kappa shape index (κ2) is 6.45. The first-order chi connectivity index (χ1) is 10.0. The number of benzene rings is 2. The zero-order chi connectivity index (χ0) is 15.4. The Bertz CT molecular complexity index is 644. The number of nitrogens with zero attached hydrogens (tertiary/aromatic N) is 1. The lowest BCUT2D eigenvalue weighted by molar-refractivity contribution is -0.384. The van der Waals surface area contributed by atoms with E-state index >= 15 is 0 Å². The maximum atomic E-state index is 11.1. The minimum atomic E-state index is -0.449. The first-order valence-electron chi connectivity index (χ1n) is 6.35. The van der Waals surface area contributed by atoms with Gasteiger partial charge in [-0.25, -0.2) is 0 Å². The molecule has 6 heteroatoms. The lowest BCUT2D eigenvalue weighted by Crippen LogP contribution is -2.08. The molecular weight excluding hydrogens is 292 g/mol. The van der Waals surface area contributed by atoms with Crippen molar-refractivity contribution in [1.29, 1.82) is 0 Å². The van der Waals surface area contributed by atoms with Crippen molar-refractivity contribution in [2.24, 2.45) is 0 Å². The smallest absolute Gasteiger partial charge is 0.293 e. The summed E-state index contributed by atoms with van der Waals surface area (Å²) < 4.78 is 5.11. The molecule has 0 spiro atoms. The van der Waals surface area contributed by atoms with E-state index in [1.54, 1.807) is 19.2 Å². The van der Waals surface area contributed by atoms with Crippen molar-refractivity contribution < 1.29 is 9.66 Å². The van der Waals surface area contributed by atoms with Crippen LogP contribution in [-0.4, -0.2) is 12.0 Å². The molecule has 0 aliphatic heterocycles. The summed E-state index contributed by atoms with van der Waals surface area (Å²) in [4.78, 5) is 10.6. The Hall–Kier alpha value is -2.27. The Morgan fingerprint density at radius 2 is 1.90 bits per heavy atom. The van der Waals surface area contributed by atoms with E-state index < -0.39 is 4.92 Å². The van der Waals surface area contributed by atoms with Gasteiger partial charge >= 0.3 is 0 Å². The molecule has 1 atom stereocenters. The lowest BCUT2D eigenvalue weighted by Gasteiger charge is -2.16. The second-order valence-electron chi connectivity index (χ2n) is 4.56. The fraction of sp³-hybridized carbons (Fsp3) is 0.200. The topological polar surface area (TPSA) is 64.4 Å². The van der Waals surface area contributed by atoms with Crippen LogP contribution < -0.4 is 10.1 Å². The normalized spacial score (nSPS) is 11.8. The zero-order valence-corrected chi connectivity index (χ0v) is 12.4. The number of halogens is 1. The van der Waals surface area contributed by atoms with E-state index in [1.807, 2.05) is 31.2 Å². The monoisotopic (exact) mass is 306 g/mol. The number of nitro benzene ring substituents is 1. The van der Waals surface area contributed by atoms with Gasteiger partial charge in [0.05, 0.1) is 12.0 Å². The van der Waals surface area contributed by atoms with E-state index in [-0.39, 0.29) is 11.7 Å². The Kier molecular flexibility index (Phi) is 4.65. The summed E-state index contributed by atoms with van der Waals surface area (Å²) in [6.07, 6.45) is 0. The number of rotatable bonds is 5. The highest BCUT2D eigenvalue weighted by atomic mass is 35.5. The molecule has 1 unspecified atom stereocenters. The fourth-order valence-electron chi connectivity index (χ4n) is 1.99. The van der Waals surface area contributed by atoms with Crippen molar-refractivity contribution in [3.63, 3.8) is 0 Å². The molecule has 0 radical (unpaired) electrons. The molecule has 1 N–H and O–H groups in total. The molecule has 2 aromatic rings. The van der Waals surface area contributed by atoms with Crippen LogP contribution in [0, 0.1) is 10.1 Å². The van der Waals surface area contributed by atoms with Crippen LogP contribution in [0.25, 0.3) is 0 Å². The van der Waals surface area contributed by atoms with Crippen molar-refractivity contribution in [2.45, 2.75) is 13.0 Å². The van der Waals surface area contributed by atoms with Gasteiger partial charge in [0.1, 0.15) is 11.4 Å². The quantitative estimate of drug-likeness (QED) is 0.655. The number of nitrogens with one attached hydrogen (secondary N) is 1. The molecule has 0 aliphatic rings. The summed E-state index contributed by atoms with van der Waals surface area (Å²) in [7, 11) is 1.60. The molecule has 0 aromatic heterocycles. The highest BCUT2D eigenvalue weighted by molar-refractivity contribution is 6.30. The third-order valence-electron chi connectivity index (χ3n) is 3.14. The molecule has 21 heavy (non-hydrogen) atoms. The summed E-state index contributed by atoms with van der Waals surface area (Å²) in [5.41, 5.74) is 1.40. The molecular formula is C15H15ClN2O3. The minimum Gasteiger partial charge on any atom is -0.497 e. The molecule has 5 nitrogen and oxygen atoms in total. The van der Waals surface area contributed by atoms with Crippen LogP contribution in [0.15, 0.2) is 42.5 Å². The summed E-state index contributed by atoms with van der Waals surface area (Å²) in [5.74, 6) is 0.767. The Morgan fingerprint density at radius 3 is 2.48 bits per heavy atom. The number of methoxy groups -OCH3 is 1. The molecule has 0 amide bonds. The van der Waals surface area contributed by atoms with Gasteiger partial charge in [0, 0.05) is 17.1 Å². The Labute approximate surface area is 127 Å². The van der Waals surface area contributed by atoms with Gasteiger partial charge < -0.3 is 10.1 Å². The van der Waals surface area contributed by atoms with Gasteiger partial charge in [-0.1, -0.05) is 23.7 Å². The first-order valence-corrected chi connectivity index (χ1v) is 6.73.